The van der Waals surface area contributed by atoms with Crippen molar-refractivity contribution < 1.29 is 37.6 Å². The van der Waals surface area contributed by atoms with Crippen molar-refractivity contribution in [3.05, 3.63) is 12.2 Å². The van der Waals surface area contributed by atoms with Crippen LogP contribution in [0.4, 0.5) is 0 Å². The van der Waals surface area contributed by atoms with Crippen molar-refractivity contribution in [1.29, 1.82) is 0 Å². The van der Waals surface area contributed by atoms with Gasteiger partial charge < -0.3 is 20.1 Å². The van der Waals surface area contributed by atoms with E-state index in [0.29, 0.717) is 6.42 Å². The molecule has 0 heterocycles. The molecule has 0 rings (SSSR count). The normalized spacial score (nSPS) is 13.4. The Balaban J connectivity index is 4.04. The lowest BCUT2D eigenvalue weighted by atomic mass is 10.0. The molecule has 51 heavy (non-hydrogen) atoms. The molecule has 1 unspecified atom stereocenters. The molecule has 302 valence electrons. The van der Waals surface area contributed by atoms with Crippen molar-refractivity contribution in [3.8, 4) is 0 Å². The fourth-order valence-electron chi connectivity index (χ4n) is 5.98. The summed E-state index contributed by atoms with van der Waals surface area (Å²) in [6, 6.07) is 0. The van der Waals surface area contributed by atoms with Crippen LogP contribution in [0.2, 0.25) is 0 Å². The Morgan fingerprint density at radius 3 is 1.39 bits per heavy atom. The van der Waals surface area contributed by atoms with Crippen LogP contribution >= 0.6 is 7.82 Å². The number of hydrogen-bond acceptors (Lipinski definition) is 8. The van der Waals surface area contributed by atoms with Gasteiger partial charge in [0.15, 0.2) is 6.10 Å². The topological polar surface area (TPSA) is 134 Å². The van der Waals surface area contributed by atoms with E-state index in [0.717, 1.165) is 32.1 Å². The fraction of sp³-hybridized carbons (Fsp3) is 0.902. The second-order valence-electron chi connectivity index (χ2n) is 14.2. The van der Waals surface area contributed by atoms with E-state index in [1.807, 2.05) is 0 Å². The highest BCUT2D eigenvalue weighted by Crippen LogP contribution is 2.43. The Labute approximate surface area is 313 Å². The highest BCUT2D eigenvalue weighted by atomic mass is 31.2. The van der Waals surface area contributed by atoms with Crippen molar-refractivity contribution in [2.45, 2.75) is 213 Å². The Kier molecular flexibility index (Phi) is 37.5. The molecule has 3 N–H and O–H groups in total. The number of phosphoric ester groups is 1. The minimum Gasteiger partial charge on any atom is -0.462 e. The Morgan fingerprint density at radius 1 is 0.569 bits per heavy atom. The summed E-state index contributed by atoms with van der Waals surface area (Å²) in [4.78, 5) is 34.7. The molecule has 0 saturated heterocycles. The van der Waals surface area contributed by atoms with Gasteiger partial charge in [-0.05, 0) is 38.5 Å². The third-order valence-electron chi connectivity index (χ3n) is 9.15. The molecule has 0 aromatic rings. The van der Waals surface area contributed by atoms with E-state index in [9.17, 15) is 19.0 Å². The monoisotopic (exact) mass is 746 g/mol. The molecular formula is C41H80NO8P. The summed E-state index contributed by atoms with van der Waals surface area (Å²) in [5, 5.41) is 0. The van der Waals surface area contributed by atoms with Crippen molar-refractivity contribution in [1.82, 2.24) is 0 Å². The van der Waals surface area contributed by atoms with E-state index in [1.54, 1.807) is 0 Å². The average molecular weight is 746 g/mol. The molecule has 0 fully saturated rings. The van der Waals surface area contributed by atoms with Crippen LogP contribution in [-0.2, 0) is 32.7 Å². The molecule has 10 heteroatoms. The number of unbranched alkanes of at least 4 members (excludes halogenated alkanes) is 25. The maximum Gasteiger partial charge on any atom is 0.472 e. The smallest absolute Gasteiger partial charge is 0.462 e. The molecule has 0 aliphatic carbocycles. The molecule has 9 nitrogen and oxygen atoms in total. The highest BCUT2D eigenvalue weighted by molar-refractivity contribution is 7.47. The summed E-state index contributed by atoms with van der Waals surface area (Å²) in [6.45, 7) is 3.72. The van der Waals surface area contributed by atoms with Crippen LogP contribution in [0.3, 0.4) is 0 Å². The zero-order valence-corrected chi connectivity index (χ0v) is 34.0. The van der Waals surface area contributed by atoms with E-state index >= 15 is 0 Å². The summed E-state index contributed by atoms with van der Waals surface area (Å²) in [6.07, 6.45) is 38.2. The van der Waals surface area contributed by atoms with Crippen LogP contribution in [0.25, 0.3) is 0 Å². The van der Waals surface area contributed by atoms with E-state index in [4.69, 9.17) is 24.3 Å². The minimum absolute atomic E-state index is 0.0560. The molecule has 0 saturated carbocycles. The van der Waals surface area contributed by atoms with Gasteiger partial charge in [0, 0.05) is 19.4 Å². The zero-order valence-electron chi connectivity index (χ0n) is 33.1. The number of rotatable bonds is 40. The predicted octanol–water partition coefficient (Wildman–Crippen LogP) is 11.8. The van der Waals surface area contributed by atoms with Crippen LogP contribution in [-0.4, -0.2) is 49.3 Å². The van der Waals surface area contributed by atoms with Gasteiger partial charge in [0.1, 0.15) is 6.61 Å². The van der Waals surface area contributed by atoms with Gasteiger partial charge in [-0.15, -0.1) is 0 Å². The molecule has 0 aliphatic rings. The van der Waals surface area contributed by atoms with Gasteiger partial charge in [-0.3, -0.25) is 18.6 Å². The van der Waals surface area contributed by atoms with Crippen LogP contribution in [0.1, 0.15) is 206 Å². The second kappa shape index (κ2) is 38.5. The first kappa shape index (κ1) is 49.8. The zero-order chi connectivity index (χ0) is 37.5. The summed E-state index contributed by atoms with van der Waals surface area (Å²) < 4.78 is 32.7. The summed E-state index contributed by atoms with van der Waals surface area (Å²) in [5.74, 6) is -0.824. The van der Waals surface area contributed by atoms with Crippen LogP contribution < -0.4 is 5.73 Å². The van der Waals surface area contributed by atoms with Gasteiger partial charge in [0.25, 0.3) is 0 Å². The number of ether oxygens (including phenoxy) is 2. The summed E-state index contributed by atoms with van der Waals surface area (Å²) in [7, 11) is -4.37. The Morgan fingerprint density at radius 2 is 0.961 bits per heavy atom. The number of phosphoric acid groups is 1. The quantitative estimate of drug-likeness (QED) is 0.0272. The molecule has 0 amide bonds. The van der Waals surface area contributed by atoms with E-state index in [2.05, 4.69) is 26.0 Å². The highest BCUT2D eigenvalue weighted by Gasteiger charge is 2.26. The first-order valence-corrected chi connectivity index (χ1v) is 22.7. The van der Waals surface area contributed by atoms with E-state index in [1.165, 1.54) is 141 Å². The lowest BCUT2D eigenvalue weighted by molar-refractivity contribution is -0.161. The average Bonchev–Trinajstić information content (AvgIpc) is 3.11. The standard InChI is InChI=1S/C41H80NO8P/c1-3-5-7-9-11-13-14-15-16-17-18-19-20-21-22-23-24-26-28-30-32-34-41(44)50-39(38-49-51(45,46)48-36-35-42)37-47-40(43)33-31-29-27-25-12-10-8-6-4-2/h15-16,39H,3-14,17-38,42H2,1-2H3,(H,45,46)/b16-15+/t39-/m1/s1. The van der Waals surface area contributed by atoms with Gasteiger partial charge in [0.2, 0.25) is 0 Å². The fourth-order valence-corrected chi connectivity index (χ4v) is 6.75. The number of hydrogen-bond donors (Lipinski definition) is 2. The lowest BCUT2D eigenvalue weighted by Gasteiger charge is -2.19. The number of allylic oxidation sites excluding steroid dienone is 2. The predicted molar refractivity (Wildman–Crippen MR) is 211 cm³/mol. The summed E-state index contributed by atoms with van der Waals surface area (Å²) in [5.41, 5.74) is 5.33. The van der Waals surface area contributed by atoms with Gasteiger partial charge >= 0.3 is 19.8 Å². The van der Waals surface area contributed by atoms with E-state index < -0.39 is 26.5 Å². The van der Waals surface area contributed by atoms with Crippen molar-refractivity contribution in [3.63, 3.8) is 0 Å². The van der Waals surface area contributed by atoms with Crippen molar-refractivity contribution in [2.75, 3.05) is 26.4 Å². The molecule has 0 radical (unpaired) electrons. The summed E-state index contributed by atoms with van der Waals surface area (Å²) >= 11 is 0. The molecule has 0 aromatic carbocycles. The molecular weight excluding hydrogens is 665 g/mol. The molecule has 0 aromatic heterocycles. The molecule has 0 aliphatic heterocycles. The van der Waals surface area contributed by atoms with Gasteiger partial charge in [-0.25, -0.2) is 4.57 Å². The first-order chi connectivity index (χ1) is 24.8. The van der Waals surface area contributed by atoms with Crippen LogP contribution in [0, 0.1) is 0 Å². The van der Waals surface area contributed by atoms with Gasteiger partial charge in [-0.2, -0.15) is 0 Å². The largest absolute Gasteiger partial charge is 0.472 e. The Bertz CT molecular complexity index is 856. The number of esters is 2. The van der Waals surface area contributed by atoms with E-state index in [-0.39, 0.29) is 38.6 Å². The SMILES string of the molecule is CCCCCCCC/C=C/CCCCCCCCCCCCCC(=O)O[C@H](COC(=O)CCCCCCCCCCC)COP(=O)(O)OCCN. The number of nitrogens with two attached hydrogens (primary N) is 1. The first-order valence-electron chi connectivity index (χ1n) is 21.2. The van der Waals surface area contributed by atoms with Gasteiger partial charge in [-0.1, -0.05) is 167 Å². The lowest BCUT2D eigenvalue weighted by Crippen LogP contribution is -2.29. The minimum atomic E-state index is -4.37. The number of carbonyl (C=O) groups excluding carboxylic acids is 2. The third-order valence-corrected chi connectivity index (χ3v) is 10.1. The van der Waals surface area contributed by atoms with Crippen molar-refractivity contribution in [2.24, 2.45) is 5.73 Å². The van der Waals surface area contributed by atoms with Crippen LogP contribution in [0.5, 0.6) is 0 Å². The third kappa shape index (κ3) is 38.3. The second-order valence-corrected chi connectivity index (χ2v) is 15.7. The van der Waals surface area contributed by atoms with Crippen molar-refractivity contribution >= 4 is 19.8 Å². The molecule has 0 spiro atoms. The maximum absolute atomic E-state index is 12.5. The maximum atomic E-state index is 12.5. The number of carbonyl (C=O) groups is 2. The van der Waals surface area contributed by atoms with Gasteiger partial charge in [0.05, 0.1) is 13.2 Å². The molecule has 2 atom stereocenters. The Hall–Kier alpha value is -1.25. The van der Waals surface area contributed by atoms with Crippen LogP contribution in [0.15, 0.2) is 12.2 Å². The molecule has 0 bridgehead atoms.